The largest absolute Gasteiger partial charge is 0.375 e. The molecule has 3 nitrogen and oxygen atoms in total. The zero-order valence-electron chi connectivity index (χ0n) is 13.7. The molecule has 0 aliphatic carbocycles. The molecule has 2 rings (SSSR count). The summed E-state index contributed by atoms with van der Waals surface area (Å²) in [4.78, 5) is 0. The summed E-state index contributed by atoms with van der Waals surface area (Å²) < 4.78 is 144. The SMILES string of the molecule is FCC(F)(F)C(F)(F)CC1(COCC2(CC(F)(F)C(F)(F)CF)CO2)CO1. The van der Waals surface area contributed by atoms with Gasteiger partial charge in [0.05, 0.1) is 39.3 Å². The number of epoxide rings is 2. The Labute approximate surface area is 146 Å². The molecular weight excluding hydrogens is 406 g/mol. The first-order valence-corrected chi connectivity index (χ1v) is 7.64. The maximum absolute atomic E-state index is 13.4. The van der Waals surface area contributed by atoms with Crippen LogP contribution in [0.5, 0.6) is 0 Å². The van der Waals surface area contributed by atoms with E-state index in [0.29, 0.717) is 0 Å². The van der Waals surface area contributed by atoms with Crippen molar-refractivity contribution in [3.63, 3.8) is 0 Å². The van der Waals surface area contributed by atoms with Gasteiger partial charge in [-0.2, -0.15) is 35.1 Å². The van der Waals surface area contributed by atoms with Crippen molar-refractivity contribution in [3.05, 3.63) is 0 Å². The molecule has 2 fully saturated rings. The minimum atomic E-state index is -4.92. The van der Waals surface area contributed by atoms with Gasteiger partial charge < -0.3 is 14.2 Å². The summed E-state index contributed by atoms with van der Waals surface area (Å²) in [6.07, 6.45) is -3.16. The van der Waals surface area contributed by atoms with Crippen LogP contribution in [-0.2, 0) is 14.2 Å². The Morgan fingerprint density at radius 1 is 0.630 bits per heavy atom. The van der Waals surface area contributed by atoms with E-state index < -0.39 is 87.5 Å². The normalized spacial score (nSPS) is 29.1. The van der Waals surface area contributed by atoms with Gasteiger partial charge in [-0.25, -0.2) is 8.78 Å². The summed E-state index contributed by atoms with van der Waals surface area (Å²) in [6, 6.07) is 0. The molecule has 2 aliphatic rings. The van der Waals surface area contributed by atoms with Crippen molar-refractivity contribution in [2.75, 3.05) is 39.8 Å². The Balaban J connectivity index is 1.87. The minimum Gasteiger partial charge on any atom is -0.375 e. The second kappa shape index (κ2) is 6.90. The second-order valence-corrected chi connectivity index (χ2v) is 6.87. The Morgan fingerprint density at radius 3 is 1.15 bits per heavy atom. The summed E-state index contributed by atoms with van der Waals surface area (Å²) in [5, 5.41) is 0. The highest BCUT2D eigenvalue weighted by atomic mass is 19.3. The van der Waals surface area contributed by atoms with E-state index >= 15 is 0 Å². The molecule has 0 radical (unpaired) electrons. The lowest BCUT2D eigenvalue weighted by Gasteiger charge is -2.28. The molecule has 0 saturated carbocycles. The lowest BCUT2D eigenvalue weighted by molar-refractivity contribution is -0.229. The zero-order chi connectivity index (χ0) is 20.8. The summed E-state index contributed by atoms with van der Waals surface area (Å²) in [5.41, 5.74) is -3.74. The topological polar surface area (TPSA) is 34.3 Å². The van der Waals surface area contributed by atoms with Gasteiger partial charge in [-0.3, -0.25) is 0 Å². The number of hydrogen-bond donors (Lipinski definition) is 0. The molecule has 27 heavy (non-hydrogen) atoms. The third kappa shape index (κ3) is 4.78. The van der Waals surface area contributed by atoms with E-state index in [9.17, 15) is 43.9 Å². The average Bonchev–Trinajstić information content (AvgIpc) is 3.46. The Bertz CT molecular complexity index is 485. The Kier molecular flexibility index (Phi) is 5.74. The molecule has 0 bridgehead atoms. The molecule has 0 aromatic carbocycles. The number of rotatable bonds is 12. The fourth-order valence-electron chi connectivity index (χ4n) is 2.36. The fraction of sp³-hybridized carbons (Fsp3) is 1.00. The molecular formula is C14H16F10O3. The number of halogens is 10. The van der Waals surface area contributed by atoms with Crippen molar-refractivity contribution in [2.45, 2.75) is 47.7 Å². The van der Waals surface area contributed by atoms with Crippen molar-refractivity contribution in [2.24, 2.45) is 0 Å². The molecule has 2 unspecified atom stereocenters. The van der Waals surface area contributed by atoms with Gasteiger partial charge in [0.1, 0.15) is 11.2 Å². The van der Waals surface area contributed by atoms with E-state index in [-0.39, 0.29) is 0 Å². The maximum Gasteiger partial charge on any atom is 0.337 e. The van der Waals surface area contributed by atoms with Gasteiger partial charge in [-0.15, -0.1) is 0 Å². The molecule has 13 heteroatoms. The van der Waals surface area contributed by atoms with Gasteiger partial charge in [0.2, 0.25) is 0 Å². The summed E-state index contributed by atoms with van der Waals surface area (Å²) >= 11 is 0. The molecule has 0 aromatic heterocycles. The molecule has 2 saturated heterocycles. The molecule has 2 heterocycles. The second-order valence-electron chi connectivity index (χ2n) is 6.87. The monoisotopic (exact) mass is 422 g/mol. The highest BCUT2D eigenvalue weighted by molar-refractivity contribution is 5.03. The summed E-state index contributed by atoms with van der Waals surface area (Å²) in [7, 11) is 0. The minimum absolute atomic E-state index is 0.422. The van der Waals surface area contributed by atoms with E-state index in [2.05, 4.69) is 9.47 Å². The first-order chi connectivity index (χ1) is 12.2. The van der Waals surface area contributed by atoms with Gasteiger partial charge in [-0.05, 0) is 0 Å². The van der Waals surface area contributed by atoms with Crippen LogP contribution in [0.3, 0.4) is 0 Å². The van der Waals surface area contributed by atoms with Crippen LogP contribution < -0.4 is 0 Å². The quantitative estimate of drug-likeness (QED) is 0.355. The predicted octanol–water partition coefficient (Wildman–Crippen LogP) is 3.80. The third-order valence-corrected chi connectivity index (χ3v) is 4.33. The Morgan fingerprint density at radius 2 is 0.926 bits per heavy atom. The van der Waals surface area contributed by atoms with E-state index in [1.807, 2.05) is 0 Å². The van der Waals surface area contributed by atoms with Crippen LogP contribution in [0.1, 0.15) is 12.8 Å². The van der Waals surface area contributed by atoms with Crippen molar-refractivity contribution in [1.29, 1.82) is 0 Å². The van der Waals surface area contributed by atoms with E-state index in [4.69, 9.17) is 4.74 Å². The third-order valence-electron chi connectivity index (χ3n) is 4.33. The lowest BCUT2D eigenvalue weighted by Crippen LogP contribution is -2.47. The Hall–Kier alpha value is -0.820. The van der Waals surface area contributed by atoms with Gasteiger partial charge in [0.15, 0.2) is 13.3 Å². The molecule has 0 N–H and O–H groups in total. The molecule has 0 spiro atoms. The van der Waals surface area contributed by atoms with Crippen LogP contribution in [0.4, 0.5) is 43.9 Å². The molecule has 160 valence electrons. The lowest BCUT2D eigenvalue weighted by atomic mass is 9.97. The van der Waals surface area contributed by atoms with Crippen molar-refractivity contribution >= 4 is 0 Å². The van der Waals surface area contributed by atoms with Crippen molar-refractivity contribution in [3.8, 4) is 0 Å². The average molecular weight is 422 g/mol. The van der Waals surface area contributed by atoms with Crippen LogP contribution in [-0.4, -0.2) is 74.7 Å². The van der Waals surface area contributed by atoms with E-state index in [0.717, 1.165) is 0 Å². The van der Waals surface area contributed by atoms with Crippen molar-refractivity contribution in [1.82, 2.24) is 0 Å². The maximum atomic E-state index is 13.4. The molecule has 2 aliphatic heterocycles. The summed E-state index contributed by atoms with van der Waals surface area (Å²) in [6.45, 7) is -7.52. The summed E-state index contributed by atoms with van der Waals surface area (Å²) in [5.74, 6) is -19.3. The van der Waals surface area contributed by atoms with Gasteiger partial charge in [0, 0.05) is 0 Å². The van der Waals surface area contributed by atoms with Crippen LogP contribution >= 0.6 is 0 Å². The first kappa shape index (κ1) is 22.5. The smallest absolute Gasteiger partial charge is 0.337 e. The molecule has 2 atom stereocenters. The molecule has 0 amide bonds. The molecule has 0 aromatic rings. The van der Waals surface area contributed by atoms with Crippen molar-refractivity contribution < 1.29 is 58.1 Å². The highest BCUT2D eigenvalue weighted by Gasteiger charge is 2.65. The number of ether oxygens (including phenoxy) is 3. The first-order valence-electron chi connectivity index (χ1n) is 7.64. The van der Waals surface area contributed by atoms with E-state index in [1.165, 1.54) is 0 Å². The van der Waals surface area contributed by atoms with Crippen LogP contribution in [0.25, 0.3) is 0 Å². The van der Waals surface area contributed by atoms with Gasteiger partial charge in [-0.1, -0.05) is 0 Å². The van der Waals surface area contributed by atoms with Gasteiger partial charge in [0.25, 0.3) is 0 Å². The number of alkyl halides is 10. The number of hydrogen-bond acceptors (Lipinski definition) is 3. The van der Waals surface area contributed by atoms with Crippen LogP contribution in [0, 0.1) is 0 Å². The highest BCUT2D eigenvalue weighted by Crippen LogP contribution is 2.48. The predicted molar refractivity (Wildman–Crippen MR) is 69.2 cm³/mol. The van der Waals surface area contributed by atoms with Crippen LogP contribution in [0.2, 0.25) is 0 Å². The van der Waals surface area contributed by atoms with Gasteiger partial charge >= 0.3 is 23.7 Å². The fourth-order valence-corrected chi connectivity index (χ4v) is 2.36. The van der Waals surface area contributed by atoms with E-state index in [1.54, 1.807) is 0 Å². The zero-order valence-corrected chi connectivity index (χ0v) is 13.7. The van der Waals surface area contributed by atoms with Crippen LogP contribution in [0.15, 0.2) is 0 Å². The standard InChI is InChI=1S/C14H16F10O3/c15-3-13(21,22)11(17,18)1-9(7-26-9)5-25-6-10(8-27-10)2-12(19,20)14(23,24)4-16/h1-8H2.